The molecular weight excluding hydrogens is 334 g/mol. The Hall–Kier alpha value is -3.16. The monoisotopic (exact) mass is 353 g/mol. The molecule has 2 amide bonds. The number of carbonyl (C=O) groups is 2. The van der Waals surface area contributed by atoms with Crippen molar-refractivity contribution in [3.63, 3.8) is 0 Å². The highest BCUT2D eigenvalue weighted by Gasteiger charge is 2.32. The summed E-state index contributed by atoms with van der Waals surface area (Å²) in [6, 6.07) is 5.12. The van der Waals surface area contributed by atoms with E-state index in [-0.39, 0.29) is 28.4 Å². The first kappa shape index (κ1) is 16.3. The topological polar surface area (TPSA) is 116 Å². The average molecular weight is 353 g/mol. The van der Waals surface area contributed by atoms with E-state index in [0.29, 0.717) is 18.0 Å². The fraction of sp³-hybridized carbons (Fsp3) is 0.333. The molecular formula is C18H19N5O3. The van der Waals surface area contributed by atoms with E-state index < -0.39 is 5.91 Å². The van der Waals surface area contributed by atoms with Gasteiger partial charge in [0, 0.05) is 6.54 Å². The predicted octanol–water partition coefficient (Wildman–Crippen LogP) is 2.01. The van der Waals surface area contributed by atoms with Crippen molar-refractivity contribution < 1.29 is 14.0 Å². The van der Waals surface area contributed by atoms with Crippen LogP contribution in [0, 0.1) is 5.41 Å². The smallest absolute Gasteiger partial charge is 0.271 e. The molecule has 0 aliphatic heterocycles. The first-order chi connectivity index (χ1) is 12.5. The highest BCUT2D eigenvalue weighted by molar-refractivity contribution is 5.99. The van der Waals surface area contributed by atoms with Gasteiger partial charge >= 0.3 is 0 Å². The maximum atomic E-state index is 12.6. The van der Waals surface area contributed by atoms with Crippen LogP contribution in [0.15, 0.2) is 35.2 Å². The minimum atomic E-state index is -0.704. The summed E-state index contributed by atoms with van der Waals surface area (Å²) in [4.78, 5) is 32.6. The van der Waals surface area contributed by atoms with Gasteiger partial charge in [-0.15, -0.1) is 0 Å². The number of carbonyl (C=O) groups excluding carboxylic acids is 2. The molecule has 0 unspecified atom stereocenters. The number of hydrogen-bond acceptors (Lipinski definition) is 5. The summed E-state index contributed by atoms with van der Waals surface area (Å²) in [5, 5.41) is 2.94. The molecule has 134 valence electrons. The molecule has 8 nitrogen and oxygen atoms in total. The molecule has 0 saturated heterocycles. The zero-order valence-electron chi connectivity index (χ0n) is 14.4. The van der Waals surface area contributed by atoms with Crippen LogP contribution in [0.4, 0.5) is 0 Å². The van der Waals surface area contributed by atoms with Crippen molar-refractivity contribution >= 4 is 17.5 Å². The van der Waals surface area contributed by atoms with Crippen molar-refractivity contribution in [2.75, 3.05) is 6.54 Å². The van der Waals surface area contributed by atoms with Crippen LogP contribution in [0.25, 0.3) is 17.1 Å². The van der Waals surface area contributed by atoms with Crippen molar-refractivity contribution in [3.8, 4) is 11.5 Å². The minimum absolute atomic E-state index is 0.0124. The summed E-state index contributed by atoms with van der Waals surface area (Å²) >= 11 is 0. The number of nitrogens with one attached hydrogen (secondary N) is 1. The van der Waals surface area contributed by atoms with Gasteiger partial charge in [0.1, 0.15) is 12.0 Å². The van der Waals surface area contributed by atoms with E-state index in [9.17, 15) is 9.59 Å². The van der Waals surface area contributed by atoms with Crippen LogP contribution in [-0.2, 0) is 0 Å². The van der Waals surface area contributed by atoms with Crippen LogP contribution in [0.3, 0.4) is 0 Å². The molecule has 1 saturated carbocycles. The van der Waals surface area contributed by atoms with Gasteiger partial charge in [0.05, 0.1) is 12.0 Å². The maximum absolute atomic E-state index is 12.6. The van der Waals surface area contributed by atoms with Gasteiger partial charge in [-0.1, -0.05) is 13.3 Å². The van der Waals surface area contributed by atoms with E-state index in [1.807, 2.05) is 0 Å². The fourth-order valence-corrected chi connectivity index (χ4v) is 3.22. The second kappa shape index (κ2) is 5.98. The molecule has 4 rings (SSSR count). The van der Waals surface area contributed by atoms with Crippen molar-refractivity contribution in [1.82, 2.24) is 19.7 Å². The maximum Gasteiger partial charge on any atom is 0.271 e. The molecule has 3 aromatic heterocycles. The molecule has 0 atom stereocenters. The number of aromatic nitrogens is 3. The number of amides is 2. The number of nitrogens with two attached hydrogens (primary N) is 1. The van der Waals surface area contributed by atoms with Crippen molar-refractivity contribution in [2.45, 2.75) is 26.2 Å². The molecule has 3 N–H and O–H groups in total. The number of imidazole rings is 1. The van der Waals surface area contributed by atoms with Gasteiger partial charge in [-0.3, -0.25) is 14.0 Å². The summed E-state index contributed by atoms with van der Waals surface area (Å²) in [5.74, 6) is -0.471. The van der Waals surface area contributed by atoms with Crippen molar-refractivity contribution in [3.05, 3.63) is 42.2 Å². The lowest BCUT2D eigenvalue weighted by Crippen LogP contribution is -2.40. The molecule has 26 heavy (non-hydrogen) atoms. The fourth-order valence-electron chi connectivity index (χ4n) is 3.22. The van der Waals surface area contributed by atoms with E-state index in [1.165, 1.54) is 19.0 Å². The SMILES string of the molecule is CC1(CNC(=O)c2cc(-c3ccco3)n3cnc(C(N)=O)c3n2)CCC1. The third-order valence-corrected chi connectivity index (χ3v) is 4.98. The number of fused-ring (bicyclic) bond motifs is 1. The van der Waals surface area contributed by atoms with Crippen LogP contribution < -0.4 is 11.1 Å². The molecule has 3 aromatic rings. The predicted molar refractivity (Wildman–Crippen MR) is 93.5 cm³/mol. The third kappa shape index (κ3) is 2.73. The van der Waals surface area contributed by atoms with Crippen LogP contribution in [0.2, 0.25) is 0 Å². The van der Waals surface area contributed by atoms with Crippen molar-refractivity contribution in [1.29, 1.82) is 0 Å². The molecule has 1 aliphatic carbocycles. The molecule has 0 radical (unpaired) electrons. The lowest BCUT2D eigenvalue weighted by Gasteiger charge is -2.38. The lowest BCUT2D eigenvalue weighted by molar-refractivity contribution is 0.0885. The summed E-state index contributed by atoms with van der Waals surface area (Å²) in [6.07, 6.45) is 6.37. The Bertz CT molecular complexity index is 986. The molecule has 0 aromatic carbocycles. The standard InChI is InChI=1S/C18H19N5O3/c1-18(5-3-6-18)9-20-17(25)11-8-12(13-4-2-7-26-13)23-10-21-14(15(19)24)16(23)22-11/h2,4,7-8,10H,3,5-6,9H2,1H3,(H2,19,24)(H,20,25). The first-order valence-corrected chi connectivity index (χ1v) is 8.47. The average Bonchev–Trinajstić information content (AvgIpc) is 3.26. The molecule has 1 aliphatic rings. The van der Waals surface area contributed by atoms with E-state index >= 15 is 0 Å². The van der Waals surface area contributed by atoms with E-state index in [4.69, 9.17) is 10.2 Å². The van der Waals surface area contributed by atoms with Gasteiger partial charge in [0.15, 0.2) is 17.1 Å². The molecule has 3 heterocycles. The molecule has 0 spiro atoms. The van der Waals surface area contributed by atoms with Gasteiger partial charge in [0.2, 0.25) is 0 Å². The third-order valence-electron chi connectivity index (χ3n) is 4.98. The van der Waals surface area contributed by atoms with E-state index in [1.54, 1.807) is 22.6 Å². The number of primary amides is 1. The quantitative estimate of drug-likeness (QED) is 0.728. The highest BCUT2D eigenvalue weighted by atomic mass is 16.3. The Balaban J connectivity index is 1.75. The van der Waals surface area contributed by atoms with E-state index in [0.717, 1.165) is 12.8 Å². The minimum Gasteiger partial charge on any atom is -0.463 e. The number of hydrogen-bond donors (Lipinski definition) is 2. The Morgan fingerprint density at radius 2 is 2.23 bits per heavy atom. The van der Waals surface area contributed by atoms with Gasteiger partial charge in [0.25, 0.3) is 11.8 Å². The van der Waals surface area contributed by atoms with Gasteiger partial charge in [-0.25, -0.2) is 9.97 Å². The van der Waals surface area contributed by atoms with Gasteiger partial charge in [-0.05, 0) is 36.5 Å². The summed E-state index contributed by atoms with van der Waals surface area (Å²) < 4.78 is 7.03. The molecule has 0 bridgehead atoms. The van der Waals surface area contributed by atoms with Crippen LogP contribution in [0.5, 0.6) is 0 Å². The Morgan fingerprint density at radius 3 is 2.85 bits per heavy atom. The molecule has 8 heteroatoms. The summed E-state index contributed by atoms with van der Waals surface area (Å²) in [7, 11) is 0. The van der Waals surface area contributed by atoms with Gasteiger partial charge < -0.3 is 15.5 Å². The Kier molecular flexibility index (Phi) is 3.75. The van der Waals surface area contributed by atoms with E-state index in [2.05, 4.69) is 22.2 Å². The number of rotatable bonds is 5. The van der Waals surface area contributed by atoms with Gasteiger partial charge in [-0.2, -0.15) is 0 Å². The summed E-state index contributed by atoms with van der Waals surface area (Å²) in [6.45, 7) is 2.75. The second-order valence-corrected chi connectivity index (χ2v) is 7.00. The van der Waals surface area contributed by atoms with Crippen LogP contribution in [-0.4, -0.2) is 32.7 Å². The molecule has 1 fully saturated rings. The Labute approximate surface area is 149 Å². The normalized spacial score (nSPS) is 15.6. The zero-order valence-corrected chi connectivity index (χ0v) is 14.4. The first-order valence-electron chi connectivity index (χ1n) is 8.47. The lowest BCUT2D eigenvalue weighted by atomic mass is 9.70. The number of furan rings is 1. The van der Waals surface area contributed by atoms with Crippen LogP contribution >= 0.6 is 0 Å². The zero-order chi connectivity index (χ0) is 18.3. The largest absolute Gasteiger partial charge is 0.463 e. The summed E-state index contributed by atoms with van der Waals surface area (Å²) in [5.41, 5.74) is 6.53. The Morgan fingerprint density at radius 1 is 1.42 bits per heavy atom. The number of nitrogens with zero attached hydrogens (tertiary/aromatic N) is 3. The highest BCUT2D eigenvalue weighted by Crippen LogP contribution is 2.39. The second-order valence-electron chi connectivity index (χ2n) is 7.00. The van der Waals surface area contributed by atoms with Crippen molar-refractivity contribution in [2.24, 2.45) is 11.1 Å². The van der Waals surface area contributed by atoms with Crippen LogP contribution in [0.1, 0.15) is 47.2 Å².